The molecule has 25 heavy (non-hydrogen) atoms. The number of amides is 3. The Hall–Kier alpha value is -2.48. The van der Waals surface area contributed by atoms with Crippen LogP contribution >= 0.6 is 11.6 Å². The van der Waals surface area contributed by atoms with Gasteiger partial charge in [-0.25, -0.2) is 9.59 Å². The number of nitrogens with one attached hydrogen (secondary N) is 2. The Morgan fingerprint density at radius 3 is 2.44 bits per heavy atom. The molecule has 1 aromatic rings. The van der Waals surface area contributed by atoms with Gasteiger partial charge in [0.2, 0.25) is 0 Å². The van der Waals surface area contributed by atoms with Crippen LogP contribution in [0.3, 0.4) is 0 Å². The second kappa shape index (κ2) is 8.06. The highest BCUT2D eigenvalue weighted by Crippen LogP contribution is 2.36. The normalized spacial score (nSPS) is 14.2. The summed E-state index contributed by atoms with van der Waals surface area (Å²) in [6.45, 7) is 1.36. The first kappa shape index (κ1) is 18.9. The quantitative estimate of drug-likeness (QED) is 0.741. The lowest BCUT2D eigenvalue weighted by Crippen LogP contribution is -2.45. The number of benzene rings is 1. The highest BCUT2D eigenvalue weighted by Gasteiger charge is 2.26. The van der Waals surface area contributed by atoms with Gasteiger partial charge in [-0.05, 0) is 31.9 Å². The molecular formula is C16H19ClN2O6. The number of hydrogen-bond donors (Lipinski definition) is 2. The highest BCUT2D eigenvalue weighted by atomic mass is 35.5. The van der Waals surface area contributed by atoms with Crippen molar-refractivity contribution in [1.82, 2.24) is 10.6 Å². The van der Waals surface area contributed by atoms with E-state index in [0.717, 1.165) is 12.8 Å². The third kappa shape index (κ3) is 4.99. The third-order valence-corrected chi connectivity index (χ3v) is 3.75. The van der Waals surface area contributed by atoms with Crippen LogP contribution in [-0.2, 0) is 9.53 Å². The van der Waals surface area contributed by atoms with Gasteiger partial charge in [0.25, 0.3) is 5.91 Å². The van der Waals surface area contributed by atoms with Crippen LogP contribution in [-0.4, -0.2) is 44.3 Å². The first-order valence-corrected chi connectivity index (χ1v) is 7.97. The number of carbonyl (C=O) groups excluding carboxylic acids is 3. The number of halogens is 1. The number of hydrogen-bond acceptors (Lipinski definition) is 6. The smallest absolute Gasteiger partial charge is 0.339 e. The monoisotopic (exact) mass is 370 g/mol. The lowest BCUT2D eigenvalue weighted by Gasteiger charge is -2.15. The average molecular weight is 371 g/mol. The molecule has 1 saturated carbocycles. The maximum Gasteiger partial charge on any atom is 0.339 e. The zero-order chi connectivity index (χ0) is 18.6. The molecule has 2 rings (SSSR count). The molecule has 1 aliphatic rings. The molecule has 1 aromatic carbocycles. The molecule has 1 aliphatic carbocycles. The second-order valence-electron chi connectivity index (χ2n) is 5.48. The molecule has 0 aliphatic heterocycles. The van der Waals surface area contributed by atoms with E-state index in [2.05, 4.69) is 10.6 Å². The summed E-state index contributed by atoms with van der Waals surface area (Å²) >= 11 is 6.03. The van der Waals surface area contributed by atoms with E-state index in [1.807, 2.05) is 0 Å². The molecule has 0 spiro atoms. The summed E-state index contributed by atoms with van der Waals surface area (Å²) in [5.41, 5.74) is 0.0877. The third-order valence-electron chi connectivity index (χ3n) is 3.47. The van der Waals surface area contributed by atoms with E-state index in [-0.39, 0.29) is 28.1 Å². The Kier molecular flexibility index (Phi) is 6.08. The van der Waals surface area contributed by atoms with Crippen molar-refractivity contribution in [3.05, 3.63) is 22.7 Å². The minimum absolute atomic E-state index is 0.0877. The fourth-order valence-corrected chi connectivity index (χ4v) is 2.27. The van der Waals surface area contributed by atoms with Gasteiger partial charge in [-0.3, -0.25) is 10.1 Å². The summed E-state index contributed by atoms with van der Waals surface area (Å²) in [6.07, 6.45) is 0.627. The highest BCUT2D eigenvalue weighted by molar-refractivity contribution is 6.32. The molecular weight excluding hydrogens is 352 g/mol. The molecule has 0 aromatic heterocycles. The number of rotatable bonds is 6. The fourth-order valence-electron chi connectivity index (χ4n) is 1.98. The van der Waals surface area contributed by atoms with Crippen molar-refractivity contribution in [3.8, 4) is 11.5 Å². The predicted molar refractivity (Wildman–Crippen MR) is 89.1 cm³/mol. The zero-order valence-corrected chi connectivity index (χ0v) is 14.8. The molecule has 0 bridgehead atoms. The van der Waals surface area contributed by atoms with Gasteiger partial charge in [-0.15, -0.1) is 0 Å². The molecule has 0 heterocycles. The number of imide groups is 1. The molecule has 8 nitrogen and oxygen atoms in total. The summed E-state index contributed by atoms with van der Waals surface area (Å²) < 4.78 is 15.3. The number of methoxy groups -OCH3 is 2. The van der Waals surface area contributed by atoms with Crippen LogP contribution in [0.25, 0.3) is 0 Å². The van der Waals surface area contributed by atoms with Crippen LogP contribution in [0, 0.1) is 0 Å². The van der Waals surface area contributed by atoms with Crippen LogP contribution < -0.4 is 20.1 Å². The Balaban J connectivity index is 1.99. The fraction of sp³-hybridized carbons (Fsp3) is 0.438. The van der Waals surface area contributed by atoms with Crippen LogP contribution in [0.1, 0.15) is 30.1 Å². The van der Waals surface area contributed by atoms with Crippen molar-refractivity contribution >= 4 is 29.5 Å². The van der Waals surface area contributed by atoms with E-state index in [4.69, 9.17) is 25.8 Å². The number of esters is 1. The molecule has 136 valence electrons. The van der Waals surface area contributed by atoms with Gasteiger partial charge in [0, 0.05) is 6.04 Å². The first-order chi connectivity index (χ1) is 11.8. The summed E-state index contributed by atoms with van der Waals surface area (Å²) in [5.74, 6) is -0.975. The Bertz CT molecular complexity index is 689. The van der Waals surface area contributed by atoms with Crippen molar-refractivity contribution in [1.29, 1.82) is 0 Å². The van der Waals surface area contributed by atoms with E-state index in [9.17, 15) is 14.4 Å². The Morgan fingerprint density at radius 1 is 1.20 bits per heavy atom. The minimum Gasteiger partial charge on any atom is -0.493 e. The average Bonchev–Trinajstić information content (AvgIpc) is 3.37. The molecule has 1 unspecified atom stereocenters. The van der Waals surface area contributed by atoms with Crippen molar-refractivity contribution in [3.63, 3.8) is 0 Å². The maximum absolute atomic E-state index is 12.2. The van der Waals surface area contributed by atoms with Crippen LogP contribution in [0.4, 0.5) is 4.79 Å². The van der Waals surface area contributed by atoms with E-state index in [0.29, 0.717) is 0 Å². The van der Waals surface area contributed by atoms with Gasteiger partial charge in [-0.2, -0.15) is 0 Å². The lowest BCUT2D eigenvalue weighted by molar-refractivity contribution is -0.127. The van der Waals surface area contributed by atoms with Gasteiger partial charge >= 0.3 is 12.0 Å². The standard InChI is InChI=1S/C16H19ClN2O6/c1-8(14(20)19-16(22)18-10-4-5-10)25-15(21)9-6-11(17)13(24-3)12(7-9)23-2/h6-8,10H,4-5H2,1-3H3,(H2,18,19,20,22). The lowest BCUT2D eigenvalue weighted by atomic mass is 10.2. The van der Waals surface area contributed by atoms with E-state index in [1.165, 1.54) is 33.3 Å². The maximum atomic E-state index is 12.2. The minimum atomic E-state index is -1.16. The van der Waals surface area contributed by atoms with Crippen LogP contribution in [0.5, 0.6) is 11.5 Å². The number of urea groups is 1. The number of ether oxygens (including phenoxy) is 3. The predicted octanol–water partition coefficient (Wildman–Crippen LogP) is 1.89. The van der Waals surface area contributed by atoms with Gasteiger partial charge in [0.1, 0.15) is 0 Å². The summed E-state index contributed by atoms with van der Waals surface area (Å²) in [4.78, 5) is 35.6. The van der Waals surface area contributed by atoms with Crippen molar-refractivity contribution in [2.45, 2.75) is 31.9 Å². The molecule has 0 radical (unpaired) electrons. The van der Waals surface area contributed by atoms with Gasteiger partial charge in [0.15, 0.2) is 17.6 Å². The first-order valence-electron chi connectivity index (χ1n) is 7.59. The molecule has 9 heteroatoms. The van der Waals surface area contributed by atoms with E-state index >= 15 is 0 Å². The van der Waals surface area contributed by atoms with Gasteiger partial charge in [-0.1, -0.05) is 11.6 Å². The molecule has 0 saturated heterocycles. The summed E-state index contributed by atoms with van der Waals surface area (Å²) in [6, 6.07) is 2.23. The van der Waals surface area contributed by atoms with Crippen molar-refractivity contribution in [2.75, 3.05) is 14.2 Å². The SMILES string of the molecule is COc1cc(C(=O)OC(C)C(=O)NC(=O)NC2CC2)cc(Cl)c1OC. The van der Waals surface area contributed by atoms with Gasteiger partial charge < -0.3 is 19.5 Å². The van der Waals surface area contributed by atoms with E-state index in [1.54, 1.807) is 0 Å². The second-order valence-corrected chi connectivity index (χ2v) is 5.89. The molecule has 1 fully saturated rings. The Labute approximate surface area is 149 Å². The summed E-state index contributed by atoms with van der Waals surface area (Å²) in [7, 11) is 2.82. The largest absolute Gasteiger partial charge is 0.493 e. The van der Waals surface area contributed by atoms with Crippen molar-refractivity contribution < 1.29 is 28.6 Å². The van der Waals surface area contributed by atoms with Gasteiger partial charge in [0.05, 0.1) is 24.8 Å². The van der Waals surface area contributed by atoms with E-state index < -0.39 is 24.0 Å². The Morgan fingerprint density at radius 2 is 1.88 bits per heavy atom. The number of carbonyl (C=O) groups is 3. The van der Waals surface area contributed by atoms with Crippen molar-refractivity contribution in [2.24, 2.45) is 0 Å². The van der Waals surface area contributed by atoms with Crippen LogP contribution in [0.15, 0.2) is 12.1 Å². The topological polar surface area (TPSA) is 103 Å². The zero-order valence-electron chi connectivity index (χ0n) is 14.1. The molecule has 1 atom stereocenters. The summed E-state index contributed by atoms with van der Waals surface area (Å²) in [5, 5.41) is 4.89. The molecule has 3 amide bonds. The van der Waals surface area contributed by atoms with Crippen LogP contribution in [0.2, 0.25) is 5.02 Å². The molecule has 2 N–H and O–H groups in total.